The molecule has 0 radical (unpaired) electrons. The smallest absolute Gasteiger partial charge is 0.338 e. The van der Waals surface area contributed by atoms with Crippen LogP contribution in [0.2, 0.25) is 0 Å². The number of carbonyl (C=O) groups is 1. The Morgan fingerprint density at radius 2 is 1.73 bits per heavy atom. The van der Waals surface area contributed by atoms with Crippen molar-refractivity contribution in [3.8, 4) is 11.5 Å². The van der Waals surface area contributed by atoms with E-state index in [9.17, 15) is 15.0 Å². The first-order valence-corrected chi connectivity index (χ1v) is 10.7. The van der Waals surface area contributed by atoms with E-state index in [1.54, 1.807) is 31.2 Å². The maximum absolute atomic E-state index is 11.8. The Bertz CT molecular complexity index is 782. The minimum absolute atomic E-state index is 0.190. The van der Waals surface area contributed by atoms with Gasteiger partial charge in [0.2, 0.25) is 0 Å². The van der Waals surface area contributed by atoms with Gasteiger partial charge in [0, 0.05) is 12.6 Å². The number of phenols is 1. The quantitative estimate of drug-likeness (QED) is 0.544. The molecular formula is C24H31NO5. The first-order valence-electron chi connectivity index (χ1n) is 10.7. The van der Waals surface area contributed by atoms with Crippen molar-refractivity contribution in [1.82, 2.24) is 5.32 Å². The van der Waals surface area contributed by atoms with Crippen molar-refractivity contribution in [1.29, 1.82) is 0 Å². The Balaban J connectivity index is 1.37. The fourth-order valence-electron chi connectivity index (χ4n) is 3.83. The van der Waals surface area contributed by atoms with Gasteiger partial charge in [0.15, 0.2) is 0 Å². The second-order valence-corrected chi connectivity index (χ2v) is 7.76. The molecule has 0 spiro atoms. The molecule has 1 aliphatic carbocycles. The monoisotopic (exact) mass is 413 g/mol. The van der Waals surface area contributed by atoms with Crippen LogP contribution in [0, 0.1) is 0 Å². The van der Waals surface area contributed by atoms with E-state index in [0.29, 0.717) is 36.4 Å². The summed E-state index contributed by atoms with van der Waals surface area (Å²) in [5.41, 5.74) is 1.86. The minimum atomic E-state index is -0.591. The van der Waals surface area contributed by atoms with Gasteiger partial charge in [0.05, 0.1) is 12.2 Å². The summed E-state index contributed by atoms with van der Waals surface area (Å²) in [6.07, 6.45) is 3.67. The van der Waals surface area contributed by atoms with Crippen molar-refractivity contribution in [3.05, 3.63) is 59.7 Å². The van der Waals surface area contributed by atoms with Crippen LogP contribution in [0.3, 0.4) is 0 Å². The van der Waals surface area contributed by atoms with Crippen molar-refractivity contribution in [2.75, 3.05) is 19.8 Å². The molecule has 0 unspecified atom stereocenters. The Morgan fingerprint density at radius 3 is 2.37 bits per heavy atom. The van der Waals surface area contributed by atoms with Gasteiger partial charge in [-0.05, 0) is 80.5 Å². The SMILES string of the molecule is CCOC(=O)c1ccc(C2CCC(NC[C@H](O)COc3ccc(O)cc3)CC2)cc1. The molecule has 30 heavy (non-hydrogen) atoms. The first-order chi connectivity index (χ1) is 14.5. The molecule has 3 rings (SSSR count). The number of hydrogen-bond acceptors (Lipinski definition) is 6. The zero-order chi connectivity index (χ0) is 21.3. The highest BCUT2D eigenvalue weighted by Crippen LogP contribution is 2.33. The van der Waals surface area contributed by atoms with Crippen LogP contribution >= 0.6 is 0 Å². The number of rotatable bonds is 9. The number of esters is 1. The Morgan fingerprint density at radius 1 is 1.07 bits per heavy atom. The van der Waals surface area contributed by atoms with Crippen LogP contribution in [0.15, 0.2) is 48.5 Å². The highest BCUT2D eigenvalue weighted by atomic mass is 16.5. The van der Waals surface area contributed by atoms with Crippen molar-refractivity contribution < 1.29 is 24.5 Å². The lowest BCUT2D eigenvalue weighted by Crippen LogP contribution is -2.39. The second kappa shape index (κ2) is 11.0. The molecule has 0 amide bonds. The third-order valence-electron chi connectivity index (χ3n) is 5.54. The van der Waals surface area contributed by atoms with E-state index in [-0.39, 0.29) is 18.3 Å². The molecule has 2 aromatic carbocycles. The molecule has 0 heterocycles. The standard InChI is InChI=1S/C24H31NO5/c1-2-29-24(28)19-5-3-17(4-6-19)18-7-9-20(10-8-18)25-15-22(27)16-30-23-13-11-21(26)12-14-23/h3-6,11-14,18,20,22,25-27H,2,7-10,15-16H2,1H3/t18?,20?,22-/m0/s1. The van der Waals surface area contributed by atoms with E-state index in [2.05, 4.69) is 5.32 Å². The summed E-state index contributed by atoms with van der Waals surface area (Å²) in [4.78, 5) is 11.8. The molecule has 1 fully saturated rings. The number of aliphatic hydroxyl groups is 1. The number of aliphatic hydroxyl groups excluding tert-OH is 1. The summed E-state index contributed by atoms with van der Waals surface area (Å²) in [6.45, 7) is 2.89. The van der Waals surface area contributed by atoms with Gasteiger partial charge in [-0.25, -0.2) is 4.79 Å². The first kappa shape index (κ1) is 22.1. The van der Waals surface area contributed by atoms with Crippen LogP contribution in [0.5, 0.6) is 11.5 Å². The zero-order valence-corrected chi connectivity index (χ0v) is 17.4. The van der Waals surface area contributed by atoms with Gasteiger partial charge in [0.1, 0.15) is 24.2 Å². The van der Waals surface area contributed by atoms with Gasteiger partial charge in [-0.3, -0.25) is 0 Å². The zero-order valence-electron chi connectivity index (χ0n) is 17.4. The van der Waals surface area contributed by atoms with Crippen LogP contribution < -0.4 is 10.1 Å². The van der Waals surface area contributed by atoms with E-state index < -0.39 is 6.10 Å². The summed E-state index contributed by atoms with van der Waals surface area (Å²) in [7, 11) is 0. The topological polar surface area (TPSA) is 88.0 Å². The molecule has 1 atom stereocenters. The molecular weight excluding hydrogens is 382 g/mol. The fourth-order valence-corrected chi connectivity index (χ4v) is 3.83. The third-order valence-corrected chi connectivity index (χ3v) is 5.54. The van der Waals surface area contributed by atoms with Crippen LogP contribution in [-0.4, -0.2) is 48.1 Å². The van der Waals surface area contributed by atoms with Gasteiger partial charge in [-0.2, -0.15) is 0 Å². The Hall–Kier alpha value is -2.57. The van der Waals surface area contributed by atoms with Crippen molar-refractivity contribution in [2.45, 2.75) is 50.7 Å². The number of carbonyl (C=O) groups excluding carboxylic acids is 1. The van der Waals surface area contributed by atoms with Gasteiger partial charge < -0.3 is 25.0 Å². The predicted molar refractivity (Wildman–Crippen MR) is 115 cm³/mol. The lowest BCUT2D eigenvalue weighted by atomic mass is 9.81. The number of ether oxygens (including phenoxy) is 2. The van der Waals surface area contributed by atoms with Gasteiger partial charge in [-0.15, -0.1) is 0 Å². The Kier molecular flexibility index (Phi) is 8.11. The lowest BCUT2D eigenvalue weighted by Gasteiger charge is -2.30. The fraction of sp³-hybridized carbons (Fsp3) is 0.458. The number of hydrogen-bond donors (Lipinski definition) is 3. The molecule has 6 nitrogen and oxygen atoms in total. The van der Waals surface area contributed by atoms with E-state index in [1.165, 1.54) is 5.56 Å². The molecule has 0 saturated heterocycles. The lowest BCUT2D eigenvalue weighted by molar-refractivity contribution is 0.0526. The highest BCUT2D eigenvalue weighted by molar-refractivity contribution is 5.89. The predicted octanol–water partition coefficient (Wildman–Crippen LogP) is 3.62. The van der Waals surface area contributed by atoms with Crippen molar-refractivity contribution >= 4 is 5.97 Å². The van der Waals surface area contributed by atoms with Crippen LogP contribution in [0.1, 0.15) is 54.4 Å². The average Bonchev–Trinajstić information content (AvgIpc) is 2.78. The van der Waals surface area contributed by atoms with Crippen LogP contribution in [0.25, 0.3) is 0 Å². The summed E-state index contributed by atoms with van der Waals surface area (Å²) in [5, 5.41) is 22.9. The molecule has 162 valence electrons. The summed E-state index contributed by atoms with van der Waals surface area (Å²) < 4.78 is 10.6. The largest absolute Gasteiger partial charge is 0.508 e. The normalized spacial score (nSPS) is 19.8. The molecule has 6 heteroatoms. The maximum atomic E-state index is 11.8. The molecule has 0 aromatic heterocycles. The average molecular weight is 414 g/mol. The van der Waals surface area contributed by atoms with Crippen LogP contribution in [-0.2, 0) is 4.74 Å². The molecule has 1 saturated carbocycles. The second-order valence-electron chi connectivity index (χ2n) is 7.76. The van der Waals surface area contributed by atoms with Gasteiger partial charge >= 0.3 is 5.97 Å². The molecule has 2 aromatic rings. The van der Waals surface area contributed by atoms with Crippen LogP contribution in [0.4, 0.5) is 0 Å². The minimum Gasteiger partial charge on any atom is -0.508 e. The van der Waals surface area contributed by atoms with Crippen molar-refractivity contribution in [3.63, 3.8) is 0 Å². The summed E-state index contributed by atoms with van der Waals surface area (Å²) in [6, 6.07) is 14.6. The molecule has 1 aliphatic rings. The van der Waals surface area contributed by atoms with E-state index >= 15 is 0 Å². The molecule has 3 N–H and O–H groups in total. The van der Waals surface area contributed by atoms with Gasteiger partial charge in [-0.1, -0.05) is 12.1 Å². The van der Waals surface area contributed by atoms with E-state index in [4.69, 9.17) is 9.47 Å². The van der Waals surface area contributed by atoms with Gasteiger partial charge in [0.25, 0.3) is 0 Å². The number of aromatic hydroxyl groups is 1. The summed E-state index contributed by atoms with van der Waals surface area (Å²) in [5.74, 6) is 1.04. The molecule has 0 aliphatic heterocycles. The van der Waals surface area contributed by atoms with Crippen molar-refractivity contribution in [2.24, 2.45) is 0 Å². The maximum Gasteiger partial charge on any atom is 0.338 e. The number of benzene rings is 2. The Labute approximate surface area is 177 Å². The highest BCUT2D eigenvalue weighted by Gasteiger charge is 2.23. The third kappa shape index (κ3) is 6.47. The number of phenolic OH excluding ortho intramolecular Hbond substituents is 1. The van der Waals surface area contributed by atoms with E-state index in [1.807, 2.05) is 24.3 Å². The van der Waals surface area contributed by atoms with E-state index in [0.717, 1.165) is 25.7 Å². The summed E-state index contributed by atoms with van der Waals surface area (Å²) >= 11 is 0. The number of nitrogens with one attached hydrogen (secondary N) is 1. The molecule has 0 bridgehead atoms.